The van der Waals surface area contributed by atoms with Crippen molar-refractivity contribution in [2.45, 2.75) is 32.9 Å². The molecule has 5 heteroatoms. The number of halogens is 1. The van der Waals surface area contributed by atoms with Crippen molar-refractivity contribution in [1.29, 1.82) is 0 Å². The molecule has 0 bridgehead atoms. The first kappa shape index (κ1) is 16.0. The molecule has 3 nitrogen and oxygen atoms in total. The van der Waals surface area contributed by atoms with Crippen LogP contribution in [0.5, 0.6) is 5.75 Å². The zero-order valence-electron chi connectivity index (χ0n) is 12.2. The van der Waals surface area contributed by atoms with Crippen LogP contribution in [-0.4, -0.2) is 12.0 Å². The van der Waals surface area contributed by atoms with E-state index in [2.05, 4.69) is 21.2 Å². The highest BCUT2D eigenvalue weighted by atomic mass is 79.9. The molecule has 2 unspecified atom stereocenters. The molecule has 2 aromatic rings. The Morgan fingerprint density at radius 3 is 2.71 bits per heavy atom. The van der Waals surface area contributed by atoms with Crippen LogP contribution in [-0.2, 0) is 4.79 Å². The van der Waals surface area contributed by atoms with Crippen LogP contribution in [0.25, 0.3) is 0 Å². The fraction of sp³-hybridized carbons (Fsp3) is 0.312. The third-order valence-corrected chi connectivity index (χ3v) is 4.76. The number of carbonyl (C=O) groups is 1. The molecule has 2 rings (SSSR count). The minimum atomic E-state index is -0.550. The summed E-state index contributed by atoms with van der Waals surface area (Å²) < 4.78 is 6.58. The smallest absolute Gasteiger partial charge is 0.261 e. The largest absolute Gasteiger partial charge is 0.480 e. The van der Waals surface area contributed by atoms with Gasteiger partial charge in [0, 0.05) is 4.88 Å². The summed E-state index contributed by atoms with van der Waals surface area (Å²) in [6.45, 7) is 5.73. The lowest BCUT2D eigenvalue weighted by molar-refractivity contribution is -0.127. The van der Waals surface area contributed by atoms with E-state index in [0.717, 1.165) is 14.9 Å². The summed E-state index contributed by atoms with van der Waals surface area (Å²) in [6.07, 6.45) is -0.550. The summed E-state index contributed by atoms with van der Waals surface area (Å²) >= 11 is 5.08. The average molecular weight is 368 g/mol. The number of hydrogen-bond acceptors (Lipinski definition) is 3. The number of ether oxygens (including phenoxy) is 1. The van der Waals surface area contributed by atoms with E-state index in [1.807, 2.05) is 49.6 Å². The van der Waals surface area contributed by atoms with Gasteiger partial charge in [-0.3, -0.25) is 4.79 Å². The van der Waals surface area contributed by atoms with Gasteiger partial charge in [-0.1, -0.05) is 12.1 Å². The molecule has 1 aromatic carbocycles. The highest BCUT2D eigenvalue weighted by molar-refractivity contribution is 9.10. The molecule has 0 saturated heterocycles. The Hall–Kier alpha value is -1.33. The number of aryl methyl sites for hydroxylation is 1. The van der Waals surface area contributed by atoms with Gasteiger partial charge in [-0.15, -0.1) is 11.3 Å². The lowest BCUT2D eigenvalue weighted by atomic mass is 10.2. The van der Waals surface area contributed by atoms with Gasteiger partial charge < -0.3 is 10.1 Å². The maximum absolute atomic E-state index is 12.2. The Kier molecular flexibility index (Phi) is 5.42. The van der Waals surface area contributed by atoms with Crippen molar-refractivity contribution >= 4 is 33.2 Å². The summed E-state index contributed by atoms with van der Waals surface area (Å²) in [4.78, 5) is 13.3. The van der Waals surface area contributed by atoms with Gasteiger partial charge >= 0.3 is 0 Å². The number of thiophene rings is 1. The molecule has 1 aromatic heterocycles. The van der Waals surface area contributed by atoms with Gasteiger partial charge in [0.1, 0.15) is 5.75 Å². The number of amides is 1. The first-order valence-corrected chi connectivity index (χ1v) is 8.41. The van der Waals surface area contributed by atoms with Gasteiger partial charge in [0.05, 0.1) is 10.5 Å². The predicted octanol–water partition coefficient (Wildman–Crippen LogP) is 4.46. The Labute approximate surface area is 137 Å². The van der Waals surface area contributed by atoms with Gasteiger partial charge in [-0.2, -0.15) is 0 Å². The van der Waals surface area contributed by atoms with Gasteiger partial charge in [-0.05, 0) is 65.8 Å². The lowest BCUT2D eigenvalue weighted by Crippen LogP contribution is -2.37. The van der Waals surface area contributed by atoms with Gasteiger partial charge in [0.15, 0.2) is 6.10 Å². The molecule has 112 valence electrons. The molecule has 1 heterocycles. The van der Waals surface area contributed by atoms with E-state index in [4.69, 9.17) is 4.74 Å². The molecule has 0 aliphatic rings. The zero-order valence-corrected chi connectivity index (χ0v) is 14.6. The first-order valence-electron chi connectivity index (χ1n) is 6.74. The fourth-order valence-corrected chi connectivity index (χ4v) is 3.21. The zero-order chi connectivity index (χ0) is 15.4. The lowest BCUT2D eigenvalue weighted by Gasteiger charge is -2.18. The standard InChI is InChI=1S/C16H18BrNO2S/c1-10-6-7-14(13(17)9-10)20-12(3)16(19)18-11(2)15-5-4-8-21-15/h4-9,11-12H,1-3H3,(H,18,19). The summed E-state index contributed by atoms with van der Waals surface area (Å²) in [6, 6.07) is 9.77. The molecule has 0 spiro atoms. The fourth-order valence-electron chi connectivity index (χ4n) is 1.88. The quantitative estimate of drug-likeness (QED) is 0.846. The molecular formula is C16H18BrNO2S. The van der Waals surface area contributed by atoms with Crippen molar-refractivity contribution in [2.24, 2.45) is 0 Å². The third-order valence-electron chi connectivity index (χ3n) is 3.09. The molecule has 0 saturated carbocycles. The van der Waals surface area contributed by atoms with Crippen LogP contribution < -0.4 is 10.1 Å². The van der Waals surface area contributed by atoms with Crippen LogP contribution in [0, 0.1) is 6.92 Å². The van der Waals surface area contributed by atoms with Crippen LogP contribution in [0.1, 0.15) is 30.3 Å². The highest BCUT2D eigenvalue weighted by Gasteiger charge is 2.19. The molecule has 0 fully saturated rings. The molecule has 0 radical (unpaired) electrons. The van der Waals surface area contributed by atoms with Crippen LogP contribution in [0.2, 0.25) is 0 Å². The minimum Gasteiger partial charge on any atom is -0.480 e. The van der Waals surface area contributed by atoms with Gasteiger partial charge in [0.25, 0.3) is 5.91 Å². The molecule has 2 atom stereocenters. The van der Waals surface area contributed by atoms with Crippen LogP contribution >= 0.6 is 27.3 Å². The number of benzene rings is 1. The second kappa shape index (κ2) is 7.09. The SMILES string of the molecule is Cc1ccc(OC(C)C(=O)NC(C)c2cccs2)c(Br)c1. The second-order valence-electron chi connectivity index (χ2n) is 4.94. The maximum atomic E-state index is 12.2. The molecule has 21 heavy (non-hydrogen) atoms. The van der Waals surface area contributed by atoms with Crippen molar-refractivity contribution in [1.82, 2.24) is 5.32 Å². The van der Waals surface area contributed by atoms with Crippen molar-refractivity contribution in [3.63, 3.8) is 0 Å². The Balaban J connectivity index is 1.96. The maximum Gasteiger partial charge on any atom is 0.261 e. The van der Waals surface area contributed by atoms with E-state index < -0.39 is 6.10 Å². The summed E-state index contributed by atoms with van der Waals surface area (Å²) in [5, 5.41) is 4.97. The van der Waals surface area contributed by atoms with E-state index in [1.165, 1.54) is 0 Å². The number of carbonyl (C=O) groups excluding carboxylic acids is 1. The van der Waals surface area contributed by atoms with E-state index in [9.17, 15) is 4.79 Å². The van der Waals surface area contributed by atoms with Crippen LogP contribution in [0.3, 0.4) is 0 Å². The predicted molar refractivity (Wildman–Crippen MR) is 89.8 cm³/mol. The molecule has 0 aliphatic heterocycles. The second-order valence-corrected chi connectivity index (χ2v) is 6.77. The van der Waals surface area contributed by atoms with Crippen LogP contribution in [0.15, 0.2) is 40.2 Å². The third kappa shape index (κ3) is 4.32. The van der Waals surface area contributed by atoms with Crippen LogP contribution in [0.4, 0.5) is 0 Å². The normalized spacial score (nSPS) is 13.5. The first-order chi connectivity index (χ1) is 9.97. The summed E-state index contributed by atoms with van der Waals surface area (Å²) in [5.41, 5.74) is 1.14. The minimum absolute atomic E-state index is 0.00925. The number of hydrogen-bond donors (Lipinski definition) is 1. The Morgan fingerprint density at radius 2 is 2.10 bits per heavy atom. The summed E-state index contributed by atoms with van der Waals surface area (Å²) in [5.74, 6) is 0.551. The molecular weight excluding hydrogens is 350 g/mol. The summed E-state index contributed by atoms with van der Waals surface area (Å²) in [7, 11) is 0. The topological polar surface area (TPSA) is 38.3 Å². The van der Waals surface area contributed by atoms with E-state index in [-0.39, 0.29) is 11.9 Å². The van der Waals surface area contributed by atoms with Crippen molar-refractivity contribution < 1.29 is 9.53 Å². The monoisotopic (exact) mass is 367 g/mol. The van der Waals surface area contributed by atoms with Crippen molar-refractivity contribution in [2.75, 3.05) is 0 Å². The van der Waals surface area contributed by atoms with Crippen molar-refractivity contribution in [3.05, 3.63) is 50.6 Å². The van der Waals surface area contributed by atoms with Crippen molar-refractivity contribution in [3.8, 4) is 5.75 Å². The number of nitrogens with one attached hydrogen (secondary N) is 1. The number of rotatable bonds is 5. The van der Waals surface area contributed by atoms with Gasteiger partial charge in [-0.25, -0.2) is 0 Å². The molecule has 1 amide bonds. The van der Waals surface area contributed by atoms with E-state index in [0.29, 0.717) is 5.75 Å². The average Bonchev–Trinajstić information content (AvgIpc) is 2.95. The Morgan fingerprint density at radius 1 is 1.33 bits per heavy atom. The molecule has 1 N–H and O–H groups in total. The molecule has 0 aliphatic carbocycles. The highest BCUT2D eigenvalue weighted by Crippen LogP contribution is 2.27. The van der Waals surface area contributed by atoms with E-state index in [1.54, 1.807) is 18.3 Å². The van der Waals surface area contributed by atoms with Gasteiger partial charge in [0.2, 0.25) is 0 Å². The Bertz CT molecular complexity index is 613. The van der Waals surface area contributed by atoms with E-state index >= 15 is 0 Å².